The molecule has 0 unspecified atom stereocenters. The Hall–Kier alpha value is -1.83. The molecule has 2 nitrogen and oxygen atoms in total. The Morgan fingerprint density at radius 3 is 2.47 bits per heavy atom. The van der Waals surface area contributed by atoms with Crippen LogP contribution in [0.4, 0.5) is 0 Å². The lowest BCUT2D eigenvalue weighted by Crippen LogP contribution is -1.91. The molecule has 102 valence electrons. The van der Waals surface area contributed by atoms with Crippen LogP contribution in [-0.2, 0) is 7.05 Å². The molecule has 2 heterocycles. The molecule has 0 radical (unpaired) electrons. The third kappa shape index (κ3) is 2.95. The van der Waals surface area contributed by atoms with E-state index in [2.05, 4.69) is 47.0 Å². The van der Waals surface area contributed by atoms with Gasteiger partial charge in [-0.15, -0.1) is 0 Å². The molecule has 1 aliphatic carbocycles. The zero-order chi connectivity index (χ0) is 14.3. The summed E-state index contributed by atoms with van der Waals surface area (Å²) in [7, 11) is 2.07. The van der Waals surface area contributed by atoms with Crippen LogP contribution in [0.15, 0.2) is 30.5 Å². The summed E-state index contributed by atoms with van der Waals surface area (Å²) in [5.41, 5.74) is 3.59. The Labute approximate surface area is 116 Å². The summed E-state index contributed by atoms with van der Waals surface area (Å²) in [6.45, 7) is 8.00. The Bertz CT molecular complexity index is 574. The van der Waals surface area contributed by atoms with Crippen molar-refractivity contribution in [2.24, 2.45) is 7.05 Å². The van der Waals surface area contributed by atoms with Gasteiger partial charge in [0.15, 0.2) is 0 Å². The normalized spacial score (nSPS) is 11.8. The van der Waals surface area contributed by atoms with Gasteiger partial charge in [-0.1, -0.05) is 45.9 Å². The summed E-state index contributed by atoms with van der Waals surface area (Å²) in [5, 5.41) is 1.23. The molecule has 0 aromatic carbocycles. The number of hydrogen-bond acceptors (Lipinski definition) is 1. The number of aromatic nitrogens is 2. The first-order valence-corrected chi connectivity index (χ1v) is 7.14. The molecule has 19 heavy (non-hydrogen) atoms. The second-order valence-electron chi connectivity index (χ2n) is 3.77. The number of rotatable bonds is 0. The van der Waals surface area contributed by atoms with Crippen LogP contribution in [0.25, 0.3) is 23.2 Å². The largest absolute Gasteiger partial charge is 0.328 e. The highest BCUT2D eigenvalue weighted by Gasteiger charge is 2.11. The highest BCUT2D eigenvalue weighted by molar-refractivity contribution is 5.92. The molecule has 0 aliphatic heterocycles. The maximum atomic E-state index is 4.41. The van der Waals surface area contributed by atoms with Crippen molar-refractivity contribution in [1.29, 1.82) is 0 Å². The van der Waals surface area contributed by atoms with Gasteiger partial charge in [0.2, 0.25) is 0 Å². The minimum Gasteiger partial charge on any atom is -0.328 e. The van der Waals surface area contributed by atoms with E-state index in [-0.39, 0.29) is 0 Å². The molecule has 0 spiro atoms. The lowest BCUT2D eigenvalue weighted by atomic mass is 10.1. The van der Waals surface area contributed by atoms with E-state index in [4.69, 9.17) is 0 Å². The van der Waals surface area contributed by atoms with Crippen LogP contribution in [0.3, 0.4) is 0 Å². The average Bonchev–Trinajstić information content (AvgIpc) is 2.68. The zero-order valence-corrected chi connectivity index (χ0v) is 12.6. The molecule has 0 atom stereocenters. The van der Waals surface area contributed by atoms with E-state index in [1.165, 1.54) is 16.6 Å². The first kappa shape index (κ1) is 15.2. The van der Waals surface area contributed by atoms with Crippen molar-refractivity contribution >= 4 is 23.2 Å². The van der Waals surface area contributed by atoms with Crippen LogP contribution in [0.2, 0.25) is 0 Å². The molecular weight excluding hydrogens is 232 g/mol. The van der Waals surface area contributed by atoms with Crippen molar-refractivity contribution in [3.63, 3.8) is 0 Å². The second kappa shape index (κ2) is 7.57. The van der Waals surface area contributed by atoms with Crippen molar-refractivity contribution in [1.82, 2.24) is 9.55 Å². The molecular formula is C17H24N2. The molecule has 1 aliphatic rings. The Balaban J connectivity index is 0.000000415. The third-order valence-corrected chi connectivity index (χ3v) is 2.86. The maximum Gasteiger partial charge on any atom is 0.140 e. The van der Waals surface area contributed by atoms with E-state index in [9.17, 15) is 0 Å². The van der Waals surface area contributed by atoms with Gasteiger partial charge in [-0.05, 0) is 24.6 Å². The van der Waals surface area contributed by atoms with Gasteiger partial charge < -0.3 is 4.57 Å². The summed E-state index contributed by atoms with van der Waals surface area (Å²) >= 11 is 0. The van der Waals surface area contributed by atoms with Crippen molar-refractivity contribution in [3.05, 3.63) is 41.7 Å². The molecule has 3 rings (SSSR count). The highest BCUT2D eigenvalue weighted by atomic mass is 15.0. The fraction of sp³-hybridized carbons (Fsp3) is 0.353. The van der Waals surface area contributed by atoms with Gasteiger partial charge in [0.1, 0.15) is 5.65 Å². The average molecular weight is 256 g/mol. The monoisotopic (exact) mass is 256 g/mol. The Kier molecular flexibility index (Phi) is 6.07. The van der Waals surface area contributed by atoms with Gasteiger partial charge in [-0.25, -0.2) is 4.98 Å². The molecule has 0 fully saturated rings. The van der Waals surface area contributed by atoms with Crippen LogP contribution in [0.1, 0.15) is 45.4 Å². The molecule has 2 aromatic rings. The lowest BCUT2D eigenvalue weighted by molar-refractivity contribution is 0.934. The number of nitrogens with zero attached hydrogens (tertiary/aromatic N) is 2. The summed E-state index contributed by atoms with van der Waals surface area (Å²) in [4.78, 5) is 4.41. The fourth-order valence-electron chi connectivity index (χ4n) is 2.13. The SMILES string of the molecule is CC.CC.Cn1c2c(c3cccnc31)C=CCC=C2. The summed E-state index contributed by atoms with van der Waals surface area (Å²) < 4.78 is 2.15. The molecule has 2 aromatic heterocycles. The van der Waals surface area contributed by atoms with Crippen molar-refractivity contribution in [2.45, 2.75) is 34.1 Å². The van der Waals surface area contributed by atoms with Gasteiger partial charge in [0.05, 0.1) is 0 Å². The predicted octanol–water partition coefficient (Wildman–Crippen LogP) is 5.06. The van der Waals surface area contributed by atoms with Gasteiger partial charge in [-0.2, -0.15) is 0 Å². The van der Waals surface area contributed by atoms with Crippen LogP contribution >= 0.6 is 0 Å². The van der Waals surface area contributed by atoms with Crippen molar-refractivity contribution in [3.8, 4) is 0 Å². The van der Waals surface area contributed by atoms with E-state index in [0.717, 1.165) is 12.1 Å². The first-order chi connectivity index (χ1) is 9.38. The summed E-state index contributed by atoms with van der Waals surface area (Å²) in [6.07, 6.45) is 11.6. The number of aryl methyl sites for hydroxylation is 1. The first-order valence-electron chi connectivity index (χ1n) is 7.14. The number of hydrogen-bond donors (Lipinski definition) is 0. The second-order valence-corrected chi connectivity index (χ2v) is 3.77. The lowest BCUT2D eigenvalue weighted by Gasteiger charge is -1.97. The summed E-state index contributed by atoms with van der Waals surface area (Å²) in [6, 6.07) is 4.12. The van der Waals surface area contributed by atoms with E-state index in [0.29, 0.717) is 0 Å². The van der Waals surface area contributed by atoms with E-state index in [1.54, 1.807) is 0 Å². The van der Waals surface area contributed by atoms with Gasteiger partial charge in [0, 0.05) is 29.9 Å². The number of fused-ring (bicyclic) bond motifs is 3. The van der Waals surface area contributed by atoms with Crippen LogP contribution in [0, 0.1) is 0 Å². The number of allylic oxidation sites excluding steroid dienone is 2. The van der Waals surface area contributed by atoms with Gasteiger partial charge in [0.25, 0.3) is 0 Å². The third-order valence-electron chi connectivity index (χ3n) is 2.86. The molecule has 0 saturated carbocycles. The van der Waals surface area contributed by atoms with Crippen molar-refractivity contribution < 1.29 is 0 Å². The smallest absolute Gasteiger partial charge is 0.140 e. The number of pyridine rings is 1. The molecule has 0 saturated heterocycles. The van der Waals surface area contributed by atoms with Crippen LogP contribution in [0.5, 0.6) is 0 Å². The van der Waals surface area contributed by atoms with Crippen LogP contribution in [-0.4, -0.2) is 9.55 Å². The van der Waals surface area contributed by atoms with Gasteiger partial charge in [-0.3, -0.25) is 0 Å². The zero-order valence-electron chi connectivity index (χ0n) is 12.6. The Morgan fingerprint density at radius 2 is 1.74 bits per heavy atom. The highest BCUT2D eigenvalue weighted by Crippen LogP contribution is 2.27. The minimum absolute atomic E-state index is 1.01. The molecule has 0 N–H and O–H groups in total. The van der Waals surface area contributed by atoms with Crippen LogP contribution < -0.4 is 0 Å². The standard InChI is InChI=1S/C13H12N2.2C2H6/c1-15-12-8-4-2-3-6-10(12)11-7-5-9-14-13(11)15;2*1-2/h3-9H,2H2,1H3;2*1-2H3. The molecule has 0 amide bonds. The van der Waals surface area contributed by atoms with E-state index >= 15 is 0 Å². The Morgan fingerprint density at radius 1 is 1.05 bits per heavy atom. The summed E-state index contributed by atoms with van der Waals surface area (Å²) in [5.74, 6) is 0. The topological polar surface area (TPSA) is 17.8 Å². The quantitative estimate of drug-likeness (QED) is 0.644. The molecule has 2 heteroatoms. The maximum absolute atomic E-state index is 4.41. The molecule has 0 bridgehead atoms. The predicted molar refractivity (Wildman–Crippen MR) is 86.1 cm³/mol. The van der Waals surface area contributed by atoms with E-state index < -0.39 is 0 Å². The minimum atomic E-state index is 1.01. The van der Waals surface area contributed by atoms with Gasteiger partial charge >= 0.3 is 0 Å². The fourth-order valence-corrected chi connectivity index (χ4v) is 2.13. The van der Waals surface area contributed by atoms with E-state index in [1.807, 2.05) is 40.0 Å². The van der Waals surface area contributed by atoms with Crippen molar-refractivity contribution in [2.75, 3.05) is 0 Å².